The summed E-state index contributed by atoms with van der Waals surface area (Å²) in [5.74, 6) is 0. The third kappa shape index (κ3) is 2.99. The van der Waals surface area contributed by atoms with Crippen molar-refractivity contribution in [3.05, 3.63) is 56.9 Å². The fourth-order valence-corrected chi connectivity index (χ4v) is 2.15. The Hall–Kier alpha value is -2.50. The summed E-state index contributed by atoms with van der Waals surface area (Å²) in [6, 6.07) is 9.36. The van der Waals surface area contributed by atoms with E-state index in [9.17, 15) is 9.59 Å². The SMILES string of the molecule is CN(C)c1ccccc1NCc1cc(=O)n(C)c(=O)n1C. The molecule has 0 saturated heterocycles. The summed E-state index contributed by atoms with van der Waals surface area (Å²) in [5.41, 5.74) is 2.04. The Morgan fingerprint density at radius 3 is 2.43 bits per heavy atom. The van der Waals surface area contributed by atoms with E-state index in [1.165, 1.54) is 17.7 Å². The zero-order valence-electron chi connectivity index (χ0n) is 12.8. The second kappa shape index (κ2) is 5.87. The van der Waals surface area contributed by atoms with Gasteiger partial charge in [-0.25, -0.2) is 4.79 Å². The lowest BCUT2D eigenvalue weighted by Crippen LogP contribution is -2.38. The molecule has 2 aromatic rings. The third-order valence-electron chi connectivity index (χ3n) is 3.47. The first-order chi connectivity index (χ1) is 9.91. The summed E-state index contributed by atoms with van der Waals surface area (Å²) in [5, 5.41) is 3.28. The molecular formula is C15H20N4O2. The highest BCUT2D eigenvalue weighted by Gasteiger charge is 2.07. The van der Waals surface area contributed by atoms with Crippen LogP contribution in [0.2, 0.25) is 0 Å². The van der Waals surface area contributed by atoms with Crippen molar-refractivity contribution in [1.29, 1.82) is 0 Å². The molecule has 1 N–H and O–H groups in total. The van der Waals surface area contributed by atoms with E-state index in [4.69, 9.17) is 0 Å². The molecule has 0 saturated carbocycles. The zero-order chi connectivity index (χ0) is 15.6. The molecule has 1 heterocycles. The largest absolute Gasteiger partial charge is 0.378 e. The van der Waals surface area contributed by atoms with Crippen molar-refractivity contribution in [3.8, 4) is 0 Å². The van der Waals surface area contributed by atoms with Gasteiger partial charge in [0.25, 0.3) is 5.56 Å². The number of nitrogens with zero attached hydrogens (tertiary/aromatic N) is 3. The van der Waals surface area contributed by atoms with Gasteiger partial charge in [-0.3, -0.25) is 13.9 Å². The van der Waals surface area contributed by atoms with Crippen molar-refractivity contribution in [3.63, 3.8) is 0 Å². The van der Waals surface area contributed by atoms with E-state index in [0.29, 0.717) is 12.2 Å². The molecule has 0 aliphatic carbocycles. The topological polar surface area (TPSA) is 59.3 Å². The maximum atomic E-state index is 11.9. The van der Waals surface area contributed by atoms with Crippen LogP contribution in [-0.4, -0.2) is 23.2 Å². The second-order valence-corrected chi connectivity index (χ2v) is 5.14. The van der Waals surface area contributed by atoms with E-state index in [1.807, 2.05) is 43.3 Å². The van der Waals surface area contributed by atoms with Gasteiger partial charge in [-0.05, 0) is 12.1 Å². The number of benzene rings is 1. The van der Waals surface area contributed by atoms with Crippen LogP contribution in [0.3, 0.4) is 0 Å². The highest BCUT2D eigenvalue weighted by atomic mass is 16.2. The minimum atomic E-state index is -0.319. The Morgan fingerprint density at radius 1 is 1.10 bits per heavy atom. The summed E-state index contributed by atoms with van der Waals surface area (Å²) >= 11 is 0. The standard InChI is InChI=1S/C15H20N4O2/c1-17(2)13-8-6-5-7-12(13)16-10-11-9-14(20)19(4)15(21)18(11)3/h5-9,16H,10H2,1-4H3. The second-order valence-electron chi connectivity index (χ2n) is 5.14. The predicted octanol–water partition coefficient (Wildman–Crippen LogP) is 0.762. The summed E-state index contributed by atoms with van der Waals surface area (Å²) < 4.78 is 2.57. The number of nitrogens with one attached hydrogen (secondary N) is 1. The van der Waals surface area contributed by atoms with Crippen LogP contribution >= 0.6 is 0 Å². The fraction of sp³-hybridized carbons (Fsp3) is 0.333. The molecule has 0 bridgehead atoms. The Labute approximate surface area is 123 Å². The maximum Gasteiger partial charge on any atom is 0.330 e. The number of aromatic nitrogens is 2. The van der Waals surface area contributed by atoms with E-state index in [2.05, 4.69) is 5.32 Å². The molecule has 0 unspecified atom stereocenters. The number of hydrogen-bond donors (Lipinski definition) is 1. The van der Waals surface area contributed by atoms with Gasteiger partial charge in [0.2, 0.25) is 0 Å². The number of rotatable bonds is 4. The quantitative estimate of drug-likeness (QED) is 0.902. The molecule has 6 heteroatoms. The van der Waals surface area contributed by atoms with E-state index >= 15 is 0 Å². The Balaban J connectivity index is 2.30. The normalized spacial score (nSPS) is 10.5. The van der Waals surface area contributed by atoms with Gasteiger partial charge in [-0.1, -0.05) is 12.1 Å². The lowest BCUT2D eigenvalue weighted by Gasteiger charge is -2.19. The Bertz CT molecular complexity index is 759. The Kier molecular flexibility index (Phi) is 4.16. The van der Waals surface area contributed by atoms with Crippen molar-refractivity contribution < 1.29 is 0 Å². The minimum absolute atomic E-state index is 0.296. The molecule has 1 aromatic heterocycles. The smallest absolute Gasteiger partial charge is 0.330 e. The molecule has 6 nitrogen and oxygen atoms in total. The Morgan fingerprint density at radius 2 is 1.76 bits per heavy atom. The molecule has 1 aromatic carbocycles. The van der Waals surface area contributed by atoms with Gasteiger partial charge in [0.15, 0.2) is 0 Å². The molecule has 2 rings (SSSR count). The molecule has 21 heavy (non-hydrogen) atoms. The summed E-state index contributed by atoms with van der Waals surface area (Å²) in [7, 11) is 7.07. The van der Waals surface area contributed by atoms with Crippen molar-refractivity contribution >= 4 is 11.4 Å². The molecule has 0 radical (unpaired) electrons. The van der Waals surface area contributed by atoms with Crippen LogP contribution in [0.1, 0.15) is 5.69 Å². The van der Waals surface area contributed by atoms with E-state index in [1.54, 1.807) is 7.05 Å². The van der Waals surface area contributed by atoms with Crippen molar-refractivity contribution in [2.45, 2.75) is 6.54 Å². The molecular weight excluding hydrogens is 268 g/mol. The van der Waals surface area contributed by atoms with Crippen LogP contribution in [0.4, 0.5) is 11.4 Å². The highest BCUT2D eigenvalue weighted by Crippen LogP contribution is 2.23. The average Bonchev–Trinajstić information content (AvgIpc) is 2.47. The van der Waals surface area contributed by atoms with Crippen LogP contribution in [0, 0.1) is 0 Å². The van der Waals surface area contributed by atoms with E-state index < -0.39 is 0 Å². The molecule has 0 fully saturated rings. The molecule has 0 amide bonds. The lowest BCUT2D eigenvalue weighted by molar-refractivity contribution is 0.655. The van der Waals surface area contributed by atoms with E-state index in [0.717, 1.165) is 15.9 Å². The highest BCUT2D eigenvalue weighted by molar-refractivity contribution is 5.69. The molecule has 112 valence electrons. The van der Waals surface area contributed by atoms with Gasteiger partial charge in [0.05, 0.1) is 17.9 Å². The first-order valence-electron chi connectivity index (χ1n) is 6.68. The minimum Gasteiger partial charge on any atom is -0.378 e. The molecule has 0 aliphatic rings. The van der Waals surface area contributed by atoms with E-state index in [-0.39, 0.29) is 11.2 Å². The first-order valence-corrected chi connectivity index (χ1v) is 6.68. The van der Waals surface area contributed by atoms with Crippen molar-refractivity contribution in [2.24, 2.45) is 14.1 Å². The third-order valence-corrected chi connectivity index (χ3v) is 3.47. The predicted molar refractivity (Wildman–Crippen MR) is 85.0 cm³/mol. The zero-order valence-corrected chi connectivity index (χ0v) is 12.8. The van der Waals surface area contributed by atoms with Crippen molar-refractivity contribution in [2.75, 3.05) is 24.3 Å². The summed E-state index contributed by atoms with van der Waals surface area (Å²) in [6.07, 6.45) is 0. The number of para-hydroxylation sites is 2. The summed E-state index contributed by atoms with van der Waals surface area (Å²) in [4.78, 5) is 25.6. The van der Waals surface area contributed by atoms with Crippen molar-refractivity contribution in [1.82, 2.24) is 9.13 Å². The lowest BCUT2D eigenvalue weighted by atomic mass is 10.2. The number of hydrogen-bond acceptors (Lipinski definition) is 4. The summed E-state index contributed by atoms with van der Waals surface area (Å²) in [6.45, 7) is 0.409. The maximum absolute atomic E-state index is 11.9. The van der Waals surface area contributed by atoms with Gasteiger partial charge in [0.1, 0.15) is 0 Å². The van der Waals surface area contributed by atoms with Crippen LogP contribution in [0.15, 0.2) is 39.9 Å². The van der Waals surface area contributed by atoms with Gasteiger partial charge in [0, 0.05) is 40.0 Å². The van der Waals surface area contributed by atoms with Crippen LogP contribution in [0.25, 0.3) is 0 Å². The van der Waals surface area contributed by atoms with Crippen LogP contribution in [0.5, 0.6) is 0 Å². The molecule has 0 aliphatic heterocycles. The molecule has 0 atom stereocenters. The van der Waals surface area contributed by atoms with Crippen LogP contribution < -0.4 is 21.5 Å². The first kappa shape index (κ1) is 14.9. The average molecular weight is 288 g/mol. The van der Waals surface area contributed by atoms with Gasteiger partial charge in [-0.2, -0.15) is 0 Å². The van der Waals surface area contributed by atoms with Crippen LogP contribution in [-0.2, 0) is 20.6 Å². The fourth-order valence-electron chi connectivity index (χ4n) is 2.15. The number of anilines is 2. The van der Waals surface area contributed by atoms with Gasteiger partial charge in [-0.15, -0.1) is 0 Å². The monoisotopic (exact) mass is 288 g/mol. The van der Waals surface area contributed by atoms with Gasteiger partial charge >= 0.3 is 5.69 Å². The molecule has 0 spiro atoms. The van der Waals surface area contributed by atoms with Gasteiger partial charge < -0.3 is 10.2 Å².